The minimum Gasteiger partial charge on any atom is -0.396 e. The molecular weight excluding hydrogens is 222 g/mol. The molecule has 88 valence electrons. The molecule has 0 aromatic heterocycles. The van der Waals surface area contributed by atoms with E-state index < -0.39 is 0 Å². The zero-order valence-corrected chi connectivity index (χ0v) is 10.4. The maximum absolute atomic E-state index is 9.06. The average molecular weight is 240 g/mol. The summed E-state index contributed by atoms with van der Waals surface area (Å²) in [6.45, 7) is 3.45. The molecule has 1 heterocycles. The van der Waals surface area contributed by atoms with Crippen LogP contribution in [0.25, 0.3) is 0 Å². The van der Waals surface area contributed by atoms with E-state index in [1.54, 1.807) is 0 Å². The zero-order valence-electron chi connectivity index (χ0n) is 9.62. The second kappa shape index (κ2) is 5.07. The van der Waals surface area contributed by atoms with Crippen LogP contribution >= 0.6 is 11.6 Å². The standard InChI is InChI=1S/C13H18ClNO/c1-10-4-5-11(14)9-13(10)15-7-2-3-12(15)6-8-16/h4-5,9,12,16H,2-3,6-8H2,1H3. The lowest BCUT2D eigenvalue weighted by atomic mass is 10.1. The Bertz CT molecular complexity index is 367. The highest BCUT2D eigenvalue weighted by molar-refractivity contribution is 6.30. The highest BCUT2D eigenvalue weighted by atomic mass is 35.5. The van der Waals surface area contributed by atoms with Crippen molar-refractivity contribution in [3.63, 3.8) is 0 Å². The normalized spacial score (nSPS) is 20.4. The summed E-state index contributed by atoms with van der Waals surface area (Å²) >= 11 is 6.04. The molecule has 1 atom stereocenters. The van der Waals surface area contributed by atoms with Gasteiger partial charge in [0.2, 0.25) is 0 Å². The smallest absolute Gasteiger partial charge is 0.0450 e. The molecule has 1 fully saturated rings. The molecule has 0 saturated carbocycles. The van der Waals surface area contributed by atoms with E-state index in [0.717, 1.165) is 18.0 Å². The number of anilines is 1. The van der Waals surface area contributed by atoms with Crippen molar-refractivity contribution in [1.82, 2.24) is 0 Å². The highest BCUT2D eigenvalue weighted by Crippen LogP contribution is 2.31. The van der Waals surface area contributed by atoms with E-state index in [9.17, 15) is 0 Å². The molecule has 1 aliphatic heterocycles. The lowest BCUT2D eigenvalue weighted by molar-refractivity contribution is 0.276. The van der Waals surface area contributed by atoms with Crippen molar-refractivity contribution in [1.29, 1.82) is 0 Å². The minimum atomic E-state index is 0.265. The van der Waals surface area contributed by atoms with Crippen LogP contribution in [-0.2, 0) is 0 Å². The van der Waals surface area contributed by atoms with Crippen LogP contribution in [0.15, 0.2) is 18.2 Å². The molecule has 2 rings (SSSR count). The second-order valence-electron chi connectivity index (χ2n) is 4.43. The number of hydrogen-bond acceptors (Lipinski definition) is 2. The van der Waals surface area contributed by atoms with E-state index in [-0.39, 0.29) is 6.61 Å². The van der Waals surface area contributed by atoms with Gasteiger partial charge >= 0.3 is 0 Å². The Kier molecular flexibility index (Phi) is 3.72. The largest absolute Gasteiger partial charge is 0.396 e. The molecule has 1 N–H and O–H groups in total. The first-order chi connectivity index (χ1) is 7.72. The molecule has 1 aliphatic rings. The molecule has 16 heavy (non-hydrogen) atoms. The van der Waals surface area contributed by atoms with Crippen molar-refractivity contribution in [3.8, 4) is 0 Å². The minimum absolute atomic E-state index is 0.265. The first-order valence-electron chi connectivity index (χ1n) is 5.86. The Morgan fingerprint density at radius 3 is 3.06 bits per heavy atom. The third kappa shape index (κ3) is 2.33. The predicted octanol–water partition coefficient (Wildman–Crippen LogP) is 3.00. The zero-order chi connectivity index (χ0) is 11.5. The number of halogens is 1. The third-order valence-electron chi connectivity index (χ3n) is 3.32. The first-order valence-corrected chi connectivity index (χ1v) is 6.24. The number of aliphatic hydroxyl groups is 1. The maximum Gasteiger partial charge on any atom is 0.0450 e. The fraction of sp³-hybridized carbons (Fsp3) is 0.538. The van der Waals surface area contributed by atoms with Crippen molar-refractivity contribution in [2.45, 2.75) is 32.2 Å². The number of benzene rings is 1. The van der Waals surface area contributed by atoms with Crippen LogP contribution < -0.4 is 4.90 Å². The van der Waals surface area contributed by atoms with E-state index >= 15 is 0 Å². The molecule has 1 aromatic carbocycles. The molecule has 0 spiro atoms. The van der Waals surface area contributed by atoms with Crippen molar-refractivity contribution in [2.75, 3.05) is 18.1 Å². The first kappa shape index (κ1) is 11.7. The molecule has 1 unspecified atom stereocenters. The summed E-state index contributed by atoms with van der Waals surface area (Å²) in [5, 5.41) is 9.85. The van der Waals surface area contributed by atoms with Crippen molar-refractivity contribution in [2.24, 2.45) is 0 Å². The number of nitrogens with zero attached hydrogens (tertiary/aromatic N) is 1. The van der Waals surface area contributed by atoms with E-state index in [1.165, 1.54) is 24.1 Å². The number of rotatable bonds is 3. The van der Waals surface area contributed by atoms with Gasteiger partial charge in [0.05, 0.1) is 0 Å². The summed E-state index contributed by atoms with van der Waals surface area (Å²) in [7, 11) is 0. The van der Waals surface area contributed by atoms with E-state index in [2.05, 4.69) is 17.9 Å². The molecule has 3 heteroatoms. The van der Waals surface area contributed by atoms with Gasteiger partial charge in [-0.2, -0.15) is 0 Å². The summed E-state index contributed by atoms with van der Waals surface area (Å²) in [6, 6.07) is 6.50. The Balaban J connectivity index is 2.25. The molecule has 0 amide bonds. The fourth-order valence-corrected chi connectivity index (χ4v) is 2.66. The molecule has 0 aliphatic carbocycles. The molecule has 1 aromatic rings. The molecule has 1 saturated heterocycles. The summed E-state index contributed by atoms with van der Waals surface area (Å²) in [6.07, 6.45) is 3.23. The van der Waals surface area contributed by atoms with Crippen LogP contribution in [0.4, 0.5) is 5.69 Å². The monoisotopic (exact) mass is 239 g/mol. The summed E-state index contributed by atoms with van der Waals surface area (Å²) < 4.78 is 0. The van der Waals surface area contributed by atoms with Gasteiger partial charge in [-0.3, -0.25) is 0 Å². The van der Waals surface area contributed by atoms with Crippen LogP contribution in [0, 0.1) is 6.92 Å². The molecule has 0 radical (unpaired) electrons. The van der Waals surface area contributed by atoms with Gasteiger partial charge < -0.3 is 10.0 Å². The number of aryl methyl sites for hydroxylation is 1. The fourth-order valence-electron chi connectivity index (χ4n) is 2.49. The molecular formula is C13H18ClNO. The number of hydrogen-bond donors (Lipinski definition) is 1. The summed E-state index contributed by atoms with van der Waals surface area (Å²) in [5.41, 5.74) is 2.48. The quantitative estimate of drug-likeness (QED) is 0.877. The van der Waals surface area contributed by atoms with Crippen molar-refractivity contribution in [3.05, 3.63) is 28.8 Å². The SMILES string of the molecule is Cc1ccc(Cl)cc1N1CCCC1CCO. The Morgan fingerprint density at radius 1 is 1.50 bits per heavy atom. The van der Waals surface area contributed by atoms with Gasteiger partial charge in [0, 0.05) is 29.9 Å². The van der Waals surface area contributed by atoms with Crippen molar-refractivity contribution >= 4 is 17.3 Å². The van der Waals surface area contributed by atoms with Gasteiger partial charge in [0.25, 0.3) is 0 Å². The second-order valence-corrected chi connectivity index (χ2v) is 4.87. The van der Waals surface area contributed by atoms with Gasteiger partial charge in [0.1, 0.15) is 0 Å². The topological polar surface area (TPSA) is 23.5 Å². The summed E-state index contributed by atoms with van der Waals surface area (Å²) in [4.78, 5) is 2.39. The Hall–Kier alpha value is -0.730. The van der Waals surface area contributed by atoms with Crippen LogP contribution in [0.3, 0.4) is 0 Å². The Labute approximate surface area is 102 Å². The van der Waals surface area contributed by atoms with Gasteiger partial charge in [-0.05, 0) is 43.9 Å². The van der Waals surface area contributed by atoms with Crippen molar-refractivity contribution < 1.29 is 5.11 Å². The van der Waals surface area contributed by atoms with Crippen LogP contribution in [0.5, 0.6) is 0 Å². The maximum atomic E-state index is 9.06. The van der Waals surface area contributed by atoms with Crippen LogP contribution in [0.2, 0.25) is 5.02 Å². The van der Waals surface area contributed by atoms with Gasteiger partial charge in [0.15, 0.2) is 0 Å². The lowest BCUT2D eigenvalue weighted by Gasteiger charge is -2.28. The van der Waals surface area contributed by atoms with E-state index in [4.69, 9.17) is 16.7 Å². The Morgan fingerprint density at radius 2 is 2.31 bits per heavy atom. The highest BCUT2D eigenvalue weighted by Gasteiger charge is 2.25. The van der Waals surface area contributed by atoms with Gasteiger partial charge in [-0.1, -0.05) is 17.7 Å². The van der Waals surface area contributed by atoms with E-state index in [1.807, 2.05) is 12.1 Å². The van der Waals surface area contributed by atoms with Gasteiger partial charge in [-0.25, -0.2) is 0 Å². The average Bonchev–Trinajstić information content (AvgIpc) is 2.70. The predicted molar refractivity (Wildman–Crippen MR) is 68.3 cm³/mol. The lowest BCUT2D eigenvalue weighted by Crippen LogP contribution is -2.30. The number of aliphatic hydroxyl groups excluding tert-OH is 1. The molecule has 0 bridgehead atoms. The van der Waals surface area contributed by atoms with Gasteiger partial charge in [-0.15, -0.1) is 0 Å². The van der Waals surface area contributed by atoms with E-state index in [0.29, 0.717) is 6.04 Å². The molecule has 2 nitrogen and oxygen atoms in total. The van der Waals surface area contributed by atoms with Crippen LogP contribution in [0.1, 0.15) is 24.8 Å². The van der Waals surface area contributed by atoms with Crippen LogP contribution in [-0.4, -0.2) is 24.3 Å². The summed E-state index contributed by atoms with van der Waals surface area (Å²) in [5.74, 6) is 0. The third-order valence-corrected chi connectivity index (χ3v) is 3.56.